The summed E-state index contributed by atoms with van der Waals surface area (Å²) in [6.07, 6.45) is 2.89. The van der Waals surface area contributed by atoms with Crippen LogP contribution in [0.15, 0.2) is 12.1 Å². The fourth-order valence-electron chi connectivity index (χ4n) is 2.77. The Kier molecular flexibility index (Phi) is 4.41. The van der Waals surface area contributed by atoms with Crippen LogP contribution in [0.5, 0.6) is 0 Å². The molecule has 1 saturated carbocycles. The van der Waals surface area contributed by atoms with Crippen molar-refractivity contribution in [2.45, 2.75) is 38.1 Å². The van der Waals surface area contributed by atoms with Crippen LogP contribution in [0.4, 0.5) is 20.2 Å². The van der Waals surface area contributed by atoms with Crippen LogP contribution in [-0.4, -0.2) is 22.2 Å². The summed E-state index contributed by atoms with van der Waals surface area (Å²) in [5, 5.41) is 23.4. The summed E-state index contributed by atoms with van der Waals surface area (Å²) in [7, 11) is 0. The zero-order valence-electron chi connectivity index (χ0n) is 11.7. The number of halogens is 2. The van der Waals surface area contributed by atoms with E-state index in [2.05, 4.69) is 12.2 Å². The molecule has 0 amide bonds. The van der Waals surface area contributed by atoms with Crippen molar-refractivity contribution in [2.24, 2.45) is 5.92 Å². The van der Waals surface area contributed by atoms with Crippen molar-refractivity contribution in [3.8, 4) is 0 Å². The first-order chi connectivity index (χ1) is 9.87. The number of nitrogens with zero attached hydrogens (tertiary/aromatic N) is 1. The molecule has 1 fully saturated rings. The van der Waals surface area contributed by atoms with Gasteiger partial charge in [0.2, 0.25) is 5.82 Å². The van der Waals surface area contributed by atoms with Crippen molar-refractivity contribution in [1.82, 2.24) is 0 Å². The van der Waals surface area contributed by atoms with Gasteiger partial charge in [0.1, 0.15) is 11.5 Å². The lowest BCUT2D eigenvalue weighted by Gasteiger charge is -2.39. The number of hydrogen-bond donors (Lipinski definition) is 2. The fraction of sp³-hybridized carbons (Fsp3) is 0.571. The van der Waals surface area contributed by atoms with E-state index in [0.717, 1.165) is 18.9 Å². The van der Waals surface area contributed by atoms with Gasteiger partial charge in [-0.15, -0.1) is 0 Å². The fourth-order valence-corrected chi connectivity index (χ4v) is 2.77. The number of nitro benzene ring substituents is 1. The van der Waals surface area contributed by atoms with Gasteiger partial charge >= 0.3 is 5.69 Å². The lowest BCUT2D eigenvalue weighted by atomic mass is 9.77. The molecule has 0 saturated heterocycles. The molecule has 0 heterocycles. The summed E-state index contributed by atoms with van der Waals surface area (Å²) in [5.41, 5.74) is -1.78. The highest BCUT2D eigenvalue weighted by atomic mass is 19.1. The summed E-state index contributed by atoms with van der Waals surface area (Å²) in [4.78, 5) is 10.1. The van der Waals surface area contributed by atoms with Crippen molar-refractivity contribution in [2.75, 3.05) is 11.9 Å². The standard InChI is InChI=1S/C14H18F2N2O3/c1-9-2-4-14(8-19,5-3-9)17-12-7-10(15)6-11(16)13(12)18(20)21/h6-7,9,17,19H,2-5,8H2,1H3. The number of hydrogen-bond acceptors (Lipinski definition) is 4. The van der Waals surface area contributed by atoms with E-state index >= 15 is 0 Å². The molecule has 1 aromatic carbocycles. The topological polar surface area (TPSA) is 75.4 Å². The van der Waals surface area contributed by atoms with Gasteiger partial charge in [-0.2, -0.15) is 4.39 Å². The van der Waals surface area contributed by atoms with E-state index in [9.17, 15) is 24.0 Å². The number of nitrogens with one attached hydrogen (secondary N) is 1. The minimum Gasteiger partial charge on any atom is -0.394 e. The zero-order chi connectivity index (χ0) is 15.6. The lowest BCUT2D eigenvalue weighted by Crippen LogP contribution is -2.45. The summed E-state index contributed by atoms with van der Waals surface area (Å²) in [6.45, 7) is 1.85. The van der Waals surface area contributed by atoms with Crippen LogP contribution in [0, 0.1) is 27.7 Å². The molecule has 7 heteroatoms. The van der Waals surface area contributed by atoms with E-state index in [0.29, 0.717) is 24.8 Å². The Labute approximate surface area is 121 Å². The summed E-state index contributed by atoms with van der Waals surface area (Å²) in [5.74, 6) is -1.61. The van der Waals surface area contributed by atoms with Gasteiger partial charge in [0.05, 0.1) is 17.1 Å². The molecule has 0 aromatic heterocycles. The second kappa shape index (κ2) is 5.93. The molecule has 21 heavy (non-hydrogen) atoms. The SMILES string of the molecule is CC1CCC(CO)(Nc2cc(F)cc(F)c2[N+](=O)[O-])CC1. The second-order valence-electron chi connectivity index (χ2n) is 5.79. The third-order valence-corrected chi connectivity index (χ3v) is 4.14. The molecule has 5 nitrogen and oxygen atoms in total. The van der Waals surface area contributed by atoms with Crippen LogP contribution in [0.1, 0.15) is 32.6 Å². The Balaban J connectivity index is 2.35. The van der Waals surface area contributed by atoms with Crippen molar-refractivity contribution >= 4 is 11.4 Å². The molecule has 0 radical (unpaired) electrons. The van der Waals surface area contributed by atoms with Gasteiger partial charge in [-0.25, -0.2) is 4.39 Å². The van der Waals surface area contributed by atoms with Gasteiger partial charge in [0.25, 0.3) is 0 Å². The monoisotopic (exact) mass is 300 g/mol. The molecular weight excluding hydrogens is 282 g/mol. The van der Waals surface area contributed by atoms with E-state index in [1.54, 1.807) is 0 Å². The third kappa shape index (κ3) is 3.29. The van der Waals surface area contributed by atoms with Crippen molar-refractivity contribution in [1.29, 1.82) is 0 Å². The highest BCUT2D eigenvalue weighted by molar-refractivity contribution is 5.63. The minimum absolute atomic E-state index is 0.221. The quantitative estimate of drug-likeness (QED) is 0.661. The van der Waals surface area contributed by atoms with Gasteiger partial charge in [0.15, 0.2) is 0 Å². The molecule has 2 N–H and O–H groups in total. The number of benzene rings is 1. The minimum atomic E-state index is -1.22. The number of aliphatic hydroxyl groups is 1. The van der Waals surface area contributed by atoms with Gasteiger partial charge in [-0.05, 0) is 31.6 Å². The molecular formula is C14H18F2N2O3. The smallest absolute Gasteiger partial charge is 0.327 e. The van der Waals surface area contributed by atoms with Crippen molar-refractivity contribution < 1.29 is 18.8 Å². The zero-order valence-corrected chi connectivity index (χ0v) is 11.7. The molecule has 1 aliphatic rings. The Morgan fingerprint density at radius 3 is 2.57 bits per heavy atom. The van der Waals surface area contributed by atoms with Crippen LogP contribution in [0.3, 0.4) is 0 Å². The van der Waals surface area contributed by atoms with E-state index < -0.39 is 27.8 Å². The first-order valence-electron chi connectivity index (χ1n) is 6.89. The Bertz CT molecular complexity index is 543. The first-order valence-corrected chi connectivity index (χ1v) is 6.89. The van der Waals surface area contributed by atoms with E-state index in [-0.39, 0.29) is 12.3 Å². The molecule has 2 rings (SSSR count). The second-order valence-corrected chi connectivity index (χ2v) is 5.79. The Morgan fingerprint density at radius 2 is 2.05 bits per heavy atom. The van der Waals surface area contributed by atoms with Crippen molar-refractivity contribution in [3.05, 3.63) is 33.9 Å². The number of nitro groups is 1. The van der Waals surface area contributed by atoms with Crippen LogP contribution in [-0.2, 0) is 0 Å². The summed E-state index contributed by atoms with van der Waals surface area (Å²) >= 11 is 0. The molecule has 0 bridgehead atoms. The predicted molar refractivity (Wildman–Crippen MR) is 74.1 cm³/mol. The molecule has 1 aliphatic carbocycles. The third-order valence-electron chi connectivity index (χ3n) is 4.14. The van der Waals surface area contributed by atoms with E-state index in [1.165, 1.54) is 0 Å². The number of aliphatic hydroxyl groups excluding tert-OH is 1. The normalized spacial score (nSPS) is 25.6. The molecule has 1 aromatic rings. The van der Waals surface area contributed by atoms with Crippen LogP contribution < -0.4 is 5.32 Å². The molecule has 0 spiro atoms. The number of anilines is 1. The molecule has 0 aliphatic heterocycles. The van der Waals surface area contributed by atoms with Gasteiger partial charge in [-0.1, -0.05) is 6.92 Å². The highest BCUT2D eigenvalue weighted by Gasteiger charge is 2.36. The molecule has 116 valence electrons. The molecule has 0 atom stereocenters. The molecule has 0 unspecified atom stereocenters. The van der Waals surface area contributed by atoms with Crippen LogP contribution in [0.25, 0.3) is 0 Å². The van der Waals surface area contributed by atoms with Crippen molar-refractivity contribution in [3.63, 3.8) is 0 Å². The van der Waals surface area contributed by atoms with Gasteiger partial charge in [-0.3, -0.25) is 10.1 Å². The van der Waals surface area contributed by atoms with E-state index in [1.807, 2.05) is 0 Å². The summed E-state index contributed by atoms with van der Waals surface area (Å²) < 4.78 is 27.0. The average molecular weight is 300 g/mol. The van der Waals surface area contributed by atoms with Gasteiger partial charge < -0.3 is 10.4 Å². The average Bonchev–Trinajstić information content (AvgIpc) is 2.40. The van der Waals surface area contributed by atoms with E-state index in [4.69, 9.17) is 0 Å². The maximum Gasteiger partial charge on any atom is 0.327 e. The predicted octanol–water partition coefficient (Wildman–Crippen LogP) is 3.23. The maximum absolute atomic E-state index is 13.6. The van der Waals surface area contributed by atoms with Crippen LogP contribution >= 0.6 is 0 Å². The lowest BCUT2D eigenvalue weighted by molar-refractivity contribution is -0.386. The first kappa shape index (κ1) is 15.6. The Hall–Kier alpha value is -1.76. The largest absolute Gasteiger partial charge is 0.394 e. The Morgan fingerprint density at radius 1 is 1.43 bits per heavy atom. The number of rotatable bonds is 4. The van der Waals surface area contributed by atoms with Crippen LogP contribution in [0.2, 0.25) is 0 Å². The van der Waals surface area contributed by atoms with Gasteiger partial charge in [0, 0.05) is 12.1 Å². The summed E-state index contributed by atoms with van der Waals surface area (Å²) in [6, 6.07) is 1.38. The highest BCUT2D eigenvalue weighted by Crippen LogP contribution is 2.37. The maximum atomic E-state index is 13.6.